The first-order chi connectivity index (χ1) is 18.1. The van der Waals surface area contributed by atoms with Crippen LogP contribution in [0.1, 0.15) is 78.0 Å². The van der Waals surface area contributed by atoms with E-state index in [9.17, 15) is 4.79 Å². The SMILES string of the molecule is CN(C(=O)c1ccc(OCC2CC2)cc1)[C@H]1CCc2cc([C@H]3CCCN3CC3CCOCC3)ccc2C1. The third-order valence-corrected chi connectivity index (χ3v) is 9.17. The van der Waals surface area contributed by atoms with Crippen LogP contribution >= 0.6 is 0 Å². The lowest BCUT2D eigenvalue weighted by atomic mass is 9.85. The topological polar surface area (TPSA) is 42.0 Å². The second-order valence-corrected chi connectivity index (χ2v) is 11.8. The summed E-state index contributed by atoms with van der Waals surface area (Å²) in [6, 6.07) is 15.7. The Hall–Kier alpha value is -2.37. The van der Waals surface area contributed by atoms with Crippen LogP contribution in [0.2, 0.25) is 0 Å². The fourth-order valence-electron chi connectivity index (χ4n) is 6.54. The molecular formula is C32H42N2O3. The highest BCUT2D eigenvalue weighted by molar-refractivity contribution is 5.94. The number of fused-ring (bicyclic) bond motifs is 1. The van der Waals surface area contributed by atoms with Crippen molar-refractivity contribution >= 4 is 5.91 Å². The maximum atomic E-state index is 13.2. The molecule has 2 atom stereocenters. The summed E-state index contributed by atoms with van der Waals surface area (Å²) in [6.45, 7) is 5.10. The van der Waals surface area contributed by atoms with Gasteiger partial charge < -0.3 is 14.4 Å². The van der Waals surface area contributed by atoms with Gasteiger partial charge in [-0.25, -0.2) is 0 Å². The Morgan fingerprint density at radius 2 is 1.78 bits per heavy atom. The van der Waals surface area contributed by atoms with Gasteiger partial charge >= 0.3 is 0 Å². The van der Waals surface area contributed by atoms with Crippen molar-refractivity contribution < 1.29 is 14.3 Å². The zero-order chi connectivity index (χ0) is 25.2. The van der Waals surface area contributed by atoms with Crippen LogP contribution < -0.4 is 4.74 Å². The van der Waals surface area contributed by atoms with Gasteiger partial charge in [0.05, 0.1) is 6.61 Å². The molecule has 0 N–H and O–H groups in total. The summed E-state index contributed by atoms with van der Waals surface area (Å²) in [5.74, 6) is 2.48. The number of rotatable bonds is 8. The summed E-state index contributed by atoms with van der Waals surface area (Å²) < 4.78 is 11.4. The van der Waals surface area contributed by atoms with Crippen molar-refractivity contribution in [3.05, 3.63) is 64.7 Å². The first-order valence-electron chi connectivity index (χ1n) is 14.6. The van der Waals surface area contributed by atoms with E-state index in [1.807, 2.05) is 36.2 Å². The minimum absolute atomic E-state index is 0.105. The zero-order valence-corrected chi connectivity index (χ0v) is 22.4. The van der Waals surface area contributed by atoms with Crippen molar-refractivity contribution in [1.82, 2.24) is 9.80 Å². The van der Waals surface area contributed by atoms with Crippen LogP contribution in [0.3, 0.4) is 0 Å². The fraction of sp³-hybridized carbons (Fsp3) is 0.594. The number of nitrogens with zero attached hydrogens (tertiary/aromatic N) is 2. The van der Waals surface area contributed by atoms with Crippen LogP contribution in [-0.4, -0.2) is 61.7 Å². The average Bonchev–Trinajstić information content (AvgIpc) is 3.67. The molecule has 3 fully saturated rings. The summed E-state index contributed by atoms with van der Waals surface area (Å²) in [6.07, 6.45) is 10.6. The molecule has 0 bridgehead atoms. The number of carbonyl (C=O) groups excluding carboxylic acids is 1. The van der Waals surface area contributed by atoms with E-state index in [0.717, 1.165) is 62.2 Å². The summed E-state index contributed by atoms with van der Waals surface area (Å²) in [5.41, 5.74) is 5.14. The second-order valence-electron chi connectivity index (χ2n) is 11.8. The van der Waals surface area contributed by atoms with E-state index >= 15 is 0 Å². The van der Waals surface area contributed by atoms with Crippen LogP contribution in [0.25, 0.3) is 0 Å². The first kappa shape index (κ1) is 24.9. The molecule has 1 saturated carbocycles. The summed E-state index contributed by atoms with van der Waals surface area (Å²) in [4.78, 5) is 17.9. The van der Waals surface area contributed by atoms with E-state index < -0.39 is 0 Å². The van der Waals surface area contributed by atoms with E-state index in [4.69, 9.17) is 9.47 Å². The average molecular weight is 503 g/mol. The monoisotopic (exact) mass is 502 g/mol. The summed E-state index contributed by atoms with van der Waals surface area (Å²) in [7, 11) is 1.97. The normalized spacial score (nSPS) is 24.6. The Kier molecular flexibility index (Phi) is 7.53. The lowest BCUT2D eigenvalue weighted by Crippen LogP contribution is -2.40. The van der Waals surface area contributed by atoms with Gasteiger partial charge in [0, 0.05) is 44.5 Å². The molecule has 198 valence electrons. The fourth-order valence-corrected chi connectivity index (χ4v) is 6.54. The standard InChI is InChI=1S/C32H42N2O3/c1-33(32(35)25-9-12-30(13-10-25)37-22-24-4-5-24)29-11-8-26-19-28(7-6-27(26)20-29)31-3-2-16-34(31)21-23-14-17-36-18-15-23/h6-7,9-10,12-13,19,23-24,29,31H,2-5,8,11,14-18,20-22H2,1H3/t29-,31+/m0/s1. The molecule has 2 aromatic rings. The Morgan fingerprint density at radius 3 is 2.57 bits per heavy atom. The van der Waals surface area contributed by atoms with E-state index in [0.29, 0.717) is 6.04 Å². The number of carbonyl (C=O) groups is 1. The quantitative estimate of drug-likeness (QED) is 0.467. The number of ether oxygens (including phenoxy) is 2. The maximum absolute atomic E-state index is 13.2. The second kappa shape index (κ2) is 11.2. The number of aryl methyl sites for hydroxylation is 1. The molecule has 5 nitrogen and oxygen atoms in total. The lowest BCUT2D eigenvalue weighted by molar-refractivity contribution is 0.0506. The molecule has 2 saturated heterocycles. The van der Waals surface area contributed by atoms with Crippen LogP contribution in [0, 0.1) is 11.8 Å². The molecule has 0 unspecified atom stereocenters. The van der Waals surface area contributed by atoms with Crippen LogP contribution in [0.15, 0.2) is 42.5 Å². The molecule has 5 heteroatoms. The Balaban J connectivity index is 1.07. The minimum atomic E-state index is 0.105. The number of likely N-dealkylation sites (N-methyl/N-ethyl adjacent to an activating group) is 1. The Labute approximate surface area is 222 Å². The molecule has 1 amide bonds. The van der Waals surface area contributed by atoms with Gasteiger partial charge in [-0.2, -0.15) is 0 Å². The van der Waals surface area contributed by atoms with E-state index in [1.165, 1.54) is 68.3 Å². The minimum Gasteiger partial charge on any atom is -0.493 e. The lowest BCUT2D eigenvalue weighted by Gasteiger charge is -2.34. The highest BCUT2D eigenvalue weighted by Crippen LogP contribution is 2.36. The largest absolute Gasteiger partial charge is 0.493 e. The van der Waals surface area contributed by atoms with Crippen LogP contribution in [0.4, 0.5) is 0 Å². The first-order valence-corrected chi connectivity index (χ1v) is 14.6. The van der Waals surface area contributed by atoms with Gasteiger partial charge in [-0.15, -0.1) is 0 Å². The highest BCUT2D eigenvalue weighted by Gasteiger charge is 2.31. The zero-order valence-electron chi connectivity index (χ0n) is 22.4. The van der Waals surface area contributed by atoms with Gasteiger partial charge in [-0.1, -0.05) is 18.2 Å². The van der Waals surface area contributed by atoms with Crippen LogP contribution in [0.5, 0.6) is 5.75 Å². The number of hydrogen-bond donors (Lipinski definition) is 0. The smallest absolute Gasteiger partial charge is 0.253 e. The van der Waals surface area contributed by atoms with Gasteiger partial charge in [0.2, 0.25) is 0 Å². The van der Waals surface area contributed by atoms with Gasteiger partial charge in [-0.05, 0) is 117 Å². The van der Waals surface area contributed by atoms with Crippen molar-refractivity contribution in [2.24, 2.45) is 11.8 Å². The molecule has 2 aromatic carbocycles. The molecule has 37 heavy (non-hydrogen) atoms. The highest BCUT2D eigenvalue weighted by atomic mass is 16.5. The van der Waals surface area contributed by atoms with Crippen LogP contribution in [-0.2, 0) is 17.6 Å². The number of amides is 1. The maximum Gasteiger partial charge on any atom is 0.253 e. The Bertz CT molecular complexity index is 1070. The molecule has 0 aromatic heterocycles. The van der Waals surface area contributed by atoms with Gasteiger partial charge in [0.1, 0.15) is 5.75 Å². The van der Waals surface area contributed by atoms with Crippen molar-refractivity contribution in [2.45, 2.75) is 69.9 Å². The van der Waals surface area contributed by atoms with Crippen molar-refractivity contribution in [1.29, 1.82) is 0 Å². The van der Waals surface area contributed by atoms with Gasteiger partial charge in [-0.3, -0.25) is 9.69 Å². The van der Waals surface area contributed by atoms with E-state index in [2.05, 4.69) is 23.1 Å². The van der Waals surface area contributed by atoms with Crippen molar-refractivity contribution in [2.75, 3.05) is 40.0 Å². The van der Waals surface area contributed by atoms with E-state index in [1.54, 1.807) is 0 Å². The summed E-state index contributed by atoms with van der Waals surface area (Å²) >= 11 is 0. The van der Waals surface area contributed by atoms with Gasteiger partial charge in [0.15, 0.2) is 0 Å². The molecular weight excluding hydrogens is 460 g/mol. The molecule has 2 aliphatic heterocycles. The third-order valence-electron chi connectivity index (χ3n) is 9.17. The molecule has 2 aliphatic carbocycles. The predicted octanol–water partition coefficient (Wildman–Crippen LogP) is 5.67. The predicted molar refractivity (Wildman–Crippen MR) is 146 cm³/mol. The number of hydrogen-bond acceptors (Lipinski definition) is 4. The third kappa shape index (κ3) is 5.88. The van der Waals surface area contributed by atoms with Gasteiger partial charge in [0.25, 0.3) is 5.91 Å². The number of benzene rings is 2. The molecule has 4 aliphatic rings. The molecule has 0 spiro atoms. The Morgan fingerprint density at radius 1 is 0.973 bits per heavy atom. The number of likely N-dealkylation sites (tertiary alicyclic amines) is 1. The van der Waals surface area contributed by atoms with Crippen molar-refractivity contribution in [3.8, 4) is 5.75 Å². The van der Waals surface area contributed by atoms with Crippen molar-refractivity contribution in [3.63, 3.8) is 0 Å². The molecule has 6 rings (SSSR count). The molecule has 2 heterocycles. The molecule has 0 radical (unpaired) electrons. The van der Waals surface area contributed by atoms with E-state index in [-0.39, 0.29) is 11.9 Å². The summed E-state index contributed by atoms with van der Waals surface area (Å²) in [5, 5.41) is 0.